The van der Waals surface area contributed by atoms with Crippen molar-refractivity contribution in [2.24, 2.45) is 5.92 Å². The Morgan fingerprint density at radius 2 is 2.00 bits per heavy atom. The zero-order chi connectivity index (χ0) is 21.1. The predicted octanol–water partition coefficient (Wildman–Crippen LogP) is 2.56. The lowest BCUT2D eigenvalue weighted by Gasteiger charge is -2.36. The molecular formula is C23H23N5O2. The van der Waals surface area contributed by atoms with E-state index in [4.69, 9.17) is 0 Å². The number of aromatic nitrogens is 4. The summed E-state index contributed by atoms with van der Waals surface area (Å²) >= 11 is 0. The molecule has 3 aromatic rings. The van der Waals surface area contributed by atoms with Crippen molar-refractivity contribution >= 4 is 5.91 Å². The summed E-state index contributed by atoms with van der Waals surface area (Å²) in [5.74, 6) is 6.14. The van der Waals surface area contributed by atoms with Crippen LogP contribution >= 0.6 is 0 Å². The molecule has 30 heavy (non-hydrogen) atoms. The summed E-state index contributed by atoms with van der Waals surface area (Å²) < 4.78 is 0. The standard InChI is InChI=1S/C23H23N5O2/c1-16-5-10-21(28-25-12-13-26-28)20(14-16)23(30)27-15-18(7-6-17(27)2)8-9-19-4-3-11-24-22(19)29/h3-5,10-14,17-18H,6-7,15H2,1-2H3,(H,24,29)/t17-,18+/m1/s1. The zero-order valence-electron chi connectivity index (χ0n) is 17.0. The third-order valence-electron chi connectivity index (χ3n) is 5.39. The molecule has 0 saturated carbocycles. The number of nitrogens with one attached hydrogen (secondary N) is 1. The molecule has 4 rings (SSSR count). The fraction of sp³-hybridized carbons (Fsp3) is 0.304. The predicted molar refractivity (Wildman–Crippen MR) is 113 cm³/mol. The number of aromatic amines is 1. The Bertz CT molecular complexity index is 1170. The second-order valence-electron chi connectivity index (χ2n) is 7.60. The number of amides is 1. The lowest BCUT2D eigenvalue weighted by Crippen LogP contribution is -2.45. The number of likely N-dealkylation sites (tertiary alicyclic amines) is 1. The van der Waals surface area contributed by atoms with Gasteiger partial charge in [0.25, 0.3) is 11.5 Å². The molecule has 1 saturated heterocycles. The van der Waals surface area contributed by atoms with Gasteiger partial charge in [0.15, 0.2) is 0 Å². The maximum absolute atomic E-state index is 13.5. The molecule has 0 aliphatic carbocycles. The highest BCUT2D eigenvalue weighted by Crippen LogP contribution is 2.26. The number of carbonyl (C=O) groups excluding carboxylic acids is 1. The molecule has 0 spiro atoms. The van der Waals surface area contributed by atoms with Gasteiger partial charge in [-0.25, -0.2) is 0 Å². The van der Waals surface area contributed by atoms with Gasteiger partial charge in [0.05, 0.1) is 29.2 Å². The Hall–Kier alpha value is -3.66. The van der Waals surface area contributed by atoms with E-state index in [1.807, 2.05) is 30.0 Å². The lowest BCUT2D eigenvalue weighted by atomic mass is 9.92. The molecule has 0 unspecified atom stereocenters. The molecule has 1 aliphatic heterocycles. The van der Waals surface area contributed by atoms with Crippen molar-refractivity contribution in [3.63, 3.8) is 0 Å². The summed E-state index contributed by atoms with van der Waals surface area (Å²) in [5.41, 5.74) is 2.48. The zero-order valence-corrected chi connectivity index (χ0v) is 17.0. The second kappa shape index (κ2) is 8.37. The van der Waals surface area contributed by atoms with Gasteiger partial charge in [0, 0.05) is 24.7 Å². The van der Waals surface area contributed by atoms with Gasteiger partial charge in [-0.05, 0) is 51.0 Å². The van der Waals surface area contributed by atoms with Gasteiger partial charge >= 0.3 is 0 Å². The van der Waals surface area contributed by atoms with Crippen LogP contribution in [-0.4, -0.2) is 43.4 Å². The van der Waals surface area contributed by atoms with Crippen LogP contribution in [0.25, 0.3) is 5.69 Å². The number of H-pyrrole nitrogens is 1. The van der Waals surface area contributed by atoms with Gasteiger partial charge in [0.2, 0.25) is 0 Å². The van der Waals surface area contributed by atoms with E-state index >= 15 is 0 Å². The number of nitrogens with zero attached hydrogens (tertiary/aromatic N) is 4. The van der Waals surface area contributed by atoms with E-state index in [2.05, 4.69) is 33.9 Å². The fourth-order valence-electron chi connectivity index (χ4n) is 3.70. The fourth-order valence-corrected chi connectivity index (χ4v) is 3.70. The molecule has 1 N–H and O–H groups in total. The minimum Gasteiger partial charge on any atom is -0.335 e. The summed E-state index contributed by atoms with van der Waals surface area (Å²) in [6.45, 7) is 4.55. The van der Waals surface area contributed by atoms with Crippen molar-refractivity contribution in [1.82, 2.24) is 24.9 Å². The van der Waals surface area contributed by atoms with Crippen LogP contribution in [0.2, 0.25) is 0 Å². The minimum atomic E-state index is -0.196. The number of carbonyl (C=O) groups is 1. The molecule has 2 aromatic heterocycles. The van der Waals surface area contributed by atoms with Crippen molar-refractivity contribution in [3.05, 3.63) is 76.0 Å². The smallest absolute Gasteiger partial charge is 0.263 e. The van der Waals surface area contributed by atoms with Crippen LogP contribution < -0.4 is 5.56 Å². The summed E-state index contributed by atoms with van der Waals surface area (Å²) in [6.07, 6.45) is 6.52. The van der Waals surface area contributed by atoms with Crippen molar-refractivity contribution in [2.75, 3.05) is 6.54 Å². The number of pyridine rings is 1. The average Bonchev–Trinajstić information content (AvgIpc) is 3.28. The van der Waals surface area contributed by atoms with Gasteiger partial charge in [0.1, 0.15) is 0 Å². The quantitative estimate of drug-likeness (QED) is 0.669. The number of rotatable bonds is 2. The Morgan fingerprint density at radius 1 is 1.20 bits per heavy atom. The summed E-state index contributed by atoms with van der Waals surface area (Å²) in [7, 11) is 0. The van der Waals surface area contributed by atoms with Gasteiger partial charge in [-0.3, -0.25) is 9.59 Å². The van der Waals surface area contributed by atoms with Crippen molar-refractivity contribution in [2.45, 2.75) is 32.7 Å². The highest BCUT2D eigenvalue weighted by molar-refractivity contribution is 5.98. The Kier molecular flexibility index (Phi) is 5.48. The third kappa shape index (κ3) is 4.03. The highest BCUT2D eigenvalue weighted by atomic mass is 16.2. The molecule has 1 aromatic carbocycles. The van der Waals surface area contributed by atoms with Crippen molar-refractivity contribution < 1.29 is 4.79 Å². The first kappa shape index (κ1) is 19.6. The van der Waals surface area contributed by atoms with Crippen LogP contribution in [0.4, 0.5) is 0 Å². The van der Waals surface area contributed by atoms with Crippen LogP contribution in [-0.2, 0) is 0 Å². The number of piperidine rings is 1. The topological polar surface area (TPSA) is 83.9 Å². The summed E-state index contributed by atoms with van der Waals surface area (Å²) in [4.78, 5) is 31.3. The average molecular weight is 401 g/mol. The molecule has 1 fully saturated rings. The maximum Gasteiger partial charge on any atom is 0.263 e. The molecule has 7 nitrogen and oxygen atoms in total. The van der Waals surface area contributed by atoms with Crippen LogP contribution in [0.3, 0.4) is 0 Å². The molecule has 1 amide bonds. The van der Waals surface area contributed by atoms with E-state index in [9.17, 15) is 9.59 Å². The van der Waals surface area contributed by atoms with Gasteiger partial charge in [-0.2, -0.15) is 15.0 Å². The first-order valence-electron chi connectivity index (χ1n) is 10.0. The van der Waals surface area contributed by atoms with E-state index in [0.717, 1.165) is 18.4 Å². The molecule has 0 radical (unpaired) electrons. The van der Waals surface area contributed by atoms with Gasteiger partial charge in [-0.1, -0.05) is 23.5 Å². The normalized spacial score (nSPS) is 18.5. The Labute approximate surface area is 174 Å². The minimum absolute atomic E-state index is 0.0147. The molecular weight excluding hydrogens is 378 g/mol. The van der Waals surface area contributed by atoms with Gasteiger partial charge < -0.3 is 9.88 Å². The second-order valence-corrected chi connectivity index (χ2v) is 7.60. The molecule has 0 bridgehead atoms. The molecule has 2 atom stereocenters. The largest absolute Gasteiger partial charge is 0.335 e. The highest BCUT2D eigenvalue weighted by Gasteiger charge is 2.30. The van der Waals surface area contributed by atoms with Crippen molar-refractivity contribution in [3.8, 4) is 17.5 Å². The van der Waals surface area contributed by atoms with E-state index < -0.39 is 0 Å². The molecule has 1 aliphatic rings. The monoisotopic (exact) mass is 401 g/mol. The molecule has 3 heterocycles. The van der Waals surface area contributed by atoms with Crippen LogP contribution in [0.15, 0.2) is 53.7 Å². The van der Waals surface area contributed by atoms with Crippen LogP contribution in [0, 0.1) is 24.7 Å². The Morgan fingerprint density at radius 3 is 2.77 bits per heavy atom. The number of benzene rings is 1. The number of aryl methyl sites for hydroxylation is 1. The van der Waals surface area contributed by atoms with E-state index in [1.54, 1.807) is 30.7 Å². The SMILES string of the molecule is Cc1ccc(-n2nccn2)c(C(=O)N2C[C@H](C#Cc3ccc[nH]c3=O)CC[C@H]2C)c1. The maximum atomic E-state index is 13.5. The summed E-state index contributed by atoms with van der Waals surface area (Å²) in [6, 6.07) is 9.27. The first-order valence-corrected chi connectivity index (χ1v) is 10.0. The van der Waals surface area contributed by atoms with E-state index in [-0.39, 0.29) is 23.4 Å². The molecule has 152 valence electrons. The molecule has 7 heteroatoms. The number of hydrogen-bond acceptors (Lipinski definition) is 4. The van der Waals surface area contributed by atoms with Crippen molar-refractivity contribution in [1.29, 1.82) is 0 Å². The van der Waals surface area contributed by atoms with Crippen LogP contribution in [0.1, 0.15) is 41.3 Å². The van der Waals surface area contributed by atoms with E-state index in [1.165, 1.54) is 4.80 Å². The van der Waals surface area contributed by atoms with E-state index in [0.29, 0.717) is 23.4 Å². The lowest BCUT2D eigenvalue weighted by molar-refractivity contribution is 0.0598. The van der Waals surface area contributed by atoms with Crippen LogP contribution in [0.5, 0.6) is 0 Å². The summed E-state index contributed by atoms with van der Waals surface area (Å²) in [5, 5.41) is 8.38. The third-order valence-corrected chi connectivity index (χ3v) is 5.39. The number of hydrogen-bond donors (Lipinski definition) is 1. The van der Waals surface area contributed by atoms with Gasteiger partial charge in [-0.15, -0.1) is 0 Å². The first-order chi connectivity index (χ1) is 14.5. The Balaban J connectivity index is 1.61.